The lowest BCUT2D eigenvalue weighted by atomic mass is 9.91. The van der Waals surface area contributed by atoms with Crippen LogP contribution in [0, 0.1) is 6.92 Å². The van der Waals surface area contributed by atoms with Gasteiger partial charge in [0.05, 0.1) is 12.1 Å². The van der Waals surface area contributed by atoms with E-state index in [9.17, 15) is 5.11 Å². The monoisotopic (exact) mass is 222 g/mol. The van der Waals surface area contributed by atoms with Gasteiger partial charge in [0.15, 0.2) is 0 Å². The van der Waals surface area contributed by atoms with Gasteiger partial charge < -0.3 is 15.2 Å². The van der Waals surface area contributed by atoms with Gasteiger partial charge in [-0.2, -0.15) is 0 Å². The summed E-state index contributed by atoms with van der Waals surface area (Å²) >= 11 is 0. The van der Waals surface area contributed by atoms with Crippen molar-refractivity contribution >= 4 is 5.82 Å². The van der Waals surface area contributed by atoms with E-state index in [4.69, 9.17) is 4.74 Å². The van der Waals surface area contributed by atoms with Crippen LogP contribution in [0.15, 0.2) is 18.3 Å². The molecule has 2 rings (SSSR count). The van der Waals surface area contributed by atoms with Crippen LogP contribution in [0.3, 0.4) is 0 Å². The van der Waals surface area contributed by atoms with Crippen molar-refractivity contribution in [1.29, 1.82) is 0 Å². The van der Waals surface area contributed by atoms with Crippen molar-refractivity contribution in [3.05, 3.63) is 23.9 Å². The van der Waals surface area contributed by atoms with Crippen LogP contribution in [0.25, 0.3) is 0 Å². The highest BCUT2D eigenvalue weighted by Crippen LogP contribution is 2.25. The molecule has 1 aliphatic rings. The Morgan fingerprint density at radius 1 is 1.50 bits per heavy atom. The molecule has 16 heavy (non-hydrogen) atoms. The summed E-state index contributed by atoms with van der Waals surface area (Å²) in [6.07, 6.45) is 3.40. The van der Waals surface area contributed by atoms with Crippen LogP contribution in [0.4, 0.5) is 5.82 Å². The lowest BCUT2D eigenvalue weighted by Gasteiger charge is -2.37. The molecular weight excluding hydrogens is 204 g/mol. The predicted octanol–water partition coefficient (Wildman–Crippen LogP) is 1.34. The Morgan fingerprint density at radius 2 is 2.25 bits per heavy atom. The summed E-state index contributed by atoms with van der Waals surface area (Å²) in [4.78, 5) is 4.30. The quantitative estimate of drug-likeness (QED) is 0.810. The molecule has 0 aliphatic carbocycles. The summed E-state index contributed by atoms with van der Waals surface area (Å²) in [5.74, 6) is 0.860. The molecule has 1 saturated heterocycles. The number of aliphatic hydroxyl groups is 1. The highest BCUT2D eigenvalue weighted by Gasteiger charge is 2.32. The fraction of sp³-hybridized carbons (Fsp3) is 0.583. The summed E-state index contributed by atoms with van der Waals surface area (Å²) in [6.45, 7) is 3.52. The van der Waals surface area contributed by atoms with Crippen LogP contribution >= 0.6 is 0 Å². The van der Waals surface area contributed by atoms with Gasteiger partial charge in [0.1, 0.15) is 5.82 Å². The average molecular weight is 222 g/mol. The number of hydrogen-bond acceptors (Lipinski definition) is 4. The van der Waals surface area contributed by atoms with E-state index in [0.717, 1.165) is 24.2 Å². The Labute approximate surface area is 95.7 Å². The highest BCUT2D eigenvalue weighted by molar-refractivity contribution is 5.45. The summed E-state index contributed by atoms with van der Waals surface area (Å²) in [5.41, 5.74) is 0.832. The third-order valence-electron chi connectivity index (χ3n) is 3.15. The van der Waals surface area contributed by atoms with E-state index >= 15 is 0 Å². The molecule has 0 aromatic carbocycles. The number of nitrogens with zero attached hydrogens (tertiary/aromatic N) is 1. The third-order valence-corrected chi connectivity index (χ3v) is 3.15. The molecule has 0 radical (unpaired) electrons. The molecule has 0 unspecified atom stereocenters. The van der Waals surface area contributed by atoms with Gasteiger partial charge in [-0.15, -0.1) is 0 Å². The maximum Gasteiger partial charge on any atom is 0.129 e. The zero-order valence-corrected chi connectivity index (χ0v) is 9.57. The minimum absolute atomic E-state index is 0.117. The standard InChI is InChI=1S/C12H18N2O2/c1-10-3-2-6-13-11(10)14-12(9-15)4-7-16-8-5-12/h2-3,6,15H,4-5,7-9H2,1H3,(H,13,14). The fourth-order valence-corrected chi connectivity index (χ4v) is 1.95. The number of nitrogens with one attached hydrogen (secondary N) is 1. The van der Waals surface area contributed by atoms with Gasteiger partial charge in [-0.25, -0.2) is 4.98 Å². The molecular formula is C12H18N2O2. The van der Waals surface area contributed by atoms with E-state index < -0.39 is 0 Å². The molecule has 0 spiro atoms. The van der Waals surface area contributed by atoms with E-state index in [1.54, 1.807) is 6.20 Å². The largest absolute Gasteiger partial charge is 0.394 e. The smallest absolute Gasteiger partial charge is 0.129 e. The number of aryl methyl sites for hydroxylation is 1. The van der Waals surface area contributed by atoms with Crippen molar-refractivity contribution in [2.75, 3.05) is 25.1 Å². The Morgan fingerprint density at radius 3 is 2.88 bits per heavy atom. The van der Waals surface area contributed by atoms with Crippen LogP contribution in [0.2, 0.25) is 0 Å². The molecule has 1 fully saturated rings. The highest BCUT2D eigenvalue weighted by atomic mass is 16.5. The molecule has 0 amide bonds. The van der Waals surface area contributed by atoms with E-state index in [-0.39, 0.29) is 12.1 Å². The van der Waals surface area contributed by atoms with Crippen molar-refractivity contribution in [2.24, 2.45) is 0 Å². The Kier molecular flexibility index (Phi) is 3.41. The number of rotatable bonds is 3. The van der Waals surface area contributed by atoms with Gasteiger partial charge in [-0.05, 0) is 31.4 Å². The SMILES string of the molecule is Cc1cccnc1NC1(CO)CCOCC1. The molecule has 0 saturated carbocycles. The minimum Gasteiger partial charge on any atom is -0.394 e. The molecule has 2 heterocycles. The number of aliphatic hydroxyl groups excluding tert-OH is 1. The van der Waals surface area contributed by atoms with Gasteiger partial charge in [0.2, 0.25) is 0 Å². The second-order valence-electron chi connectivity index (χ2n) is 4.34. The predicted molar refractivity (Wildman–Crippen MR) is 62.5 cm³/mol. The normalized spacial score (nSPS) is 19.4. The molecule has 1 aliphatic heterocycles. The van der Waals surface area contributed by atoms with Gasteiger partial charge in [-0.3, -0.25) is 0 Å². The van der Waals surface area contributed by atoms with Crippen molar-refractivity contribution in [1.82, 2.24) is 4.98 Å². The van der Waals surface area contributed by atoms with Crippen molar-refractivity contribution < 1.29 is 9.84 Å². The number of hydrogen-bond donors (Lipinski definition) is 2. The van der Waals surface area contributed by atoms with E-state index in [2.05, 4.69) is 10.3 Å². The van der Waals surface area contributed by atoms with Crippen LogP contribution in [-0.2, 0) is 4.74 Å². The Bertz CT molecular complexity index is 349. The maximum absolute atomic E-state index is 9.55. The molecule has 4 nitrogen and oxygen atoms in total. The third kappa shape index (κ3) is 2.33. The molecule has 1 aromatic heterocycles. The first-order valence-corrected chi connectivity index (χ1v) is 5.64. The van der Waals surface area contributed by atoms with Gasteiger partial charge in [-0.1, -0.05) is 6.07 Å². The maximum atomic E-state index is 9.55. The topological polar surface area (TPSA) is 54.4 Å². The Balaban J connectivity index is 2.15. The molecule has 2 N–H and O–H groups in total. The molecule has 0 atom stereocenters. The van der Waals surface area contributed by atoms with E-state index in [1.807, 2.05) is 19.1 Å². The summed E-state index contributed by atoms with van der Waals surface area (Å²) < 4.78 is 5.32. The molecule has 88 valence electrons. The molecule has 0 bridgehead atoms. The van der Waals surface area contributed by atoms with Crippen molar-refractivity contribution in [2.45, 2.75) is 25.3 Å². The summed E-state index contributed by atoms with van der Waals surface area (Å²) in [7, 11) is 0. The van der Waals surface area contributed by atoms with Crippen LogP contribution in [0.5, 0.6) is 0 Å². The number of ether oxygens (including phenoxy) is 1. The number of anilines is 1. The van der Waals surface area contributed by atoms with Crippen LogP contribution in [0.1, 0.15) is 18.4 Å². The fourth-order valence-electron chi connectivity index (χ4n) is 1.95. The number of aromatic nitrogens is 1. The lowest BCUT2D eigenvalue weighted by Crippen LogP contribution is -2.47. The van der Waals surface area contributed by atoms with Gasteiger partial charge >= 0.3 is 0 Å². The molecule has 1 aromatic rings. The second-order valence-corrected chi connectivity index (χ2v) is 4.34. The van der Waals surface area contributed by atoms with Gasteiger partial charge in [0, 0.05) is 19.4 Å². The zero-order valence-electron chi connectivity index (χ0n) is 9.57. The van der Waals surface area contributed by atoms with E-state index in [0.29, 0.717) is 13.2 Å². The first-order valence-electron chi connectivity index (χ1n) is 5.64. The minimum atomic E-state index is -0.267. The first kappa shape index (κ1) is 11.4. The van der Waals surface area contributed by atoms with Gasteiger partial charge in [0.25, 0.3) is 0 Å². The summed E-state index contributed by atoms with van der Waals surface area (Å²) in [5, 5.41) is 12.9. The van der Waals surface area contributed by atoms with Crippen molar-refractivity contribution in [3.63, 3.8) is 0 Å². The zero-order chi connectivity index (χ0) is 11.4. The summed E-state index contributed by atoms with van der Waals surface area (Å²) in [6, 6.07) is 3.93. The molecule has 4 heteroatoms. The Hall–Kier alpha value is -1.13. The lowest BCUT2D eigenvalue weighted by molar-refractivity contribution is 0.0378. The average Bonchev–Trinajstić information content (AvgIpc) is 2.33. The van der Waals surface area contributed by atoms with Crippen molar-refractivity contribution in [3.8, 4) is 0 Å². The number of pyridine rings is 1. The van der Waals surface area contributed by atoms with Crippen LogP contribution < -0.4 is 5.32 Å². The second kappa shape index (κ2) is 4.80. The van der Waals surface area contributed by atoms with Crippen LogP contribution in [-0.4, -0.2) is 35.5 Å². The first-order chi connectivity index (χ1) is 7.76. The van der Waals surface area contributed by atoms with E-state index in [1.165, 1.54) is 0 Å².